The van der Waals surface area contributed by atoms with Crippen LogP contribution >= 0.6 is 0 Å². The zero-order valence-electron chi connectivity index (χ0n) is 11.6. The molecule has 6 heteroatoms. The molecule has 1 N–H and O–H groups in total. The minimum absolute atomic E-state index is 0.0149. The van der Waals surface area contributed by atoms with E-state index in [4.69, 9.17) is 0 Å². The molecule has 0 bridgehead atoms. The molecule has 1 aliphatic heterocycles. The highest BCUT2D eigenvalue weighted by Gasteiger charge is 2.30. The molecule has 1 unspecified atom stereocenters. The minimum Gasteiger partial charge on any atom is -0.341 e. The van der Waals surface area contributed by atoms with E-state index in [1.807, 2.05) is 0 Å². The Morgan fingerprint density at radius 1 is 1.26 bits per heavy atom. The van der Waals surface area contributed by atoms with Gasteiger partial charge >= 0.3 is 0 Å². The number of carbonyl (C=O) groups excluding carboxylic acids is 1. The average Bonchev–Trinajstić information content (AvgIpc) is 3.06. The fourth-order valence-electron chi connectivity index (χ4n) is 2.99. The molecule has 0 aromatic carbocycles. The van der Waals surface area contributed by atoms with E-state index in [1.165, 1.54) is 0 Å². The van der Waals surface area contributed by atoms with Gasteiger partial charge in [-0.2, -0.15) is 0 Å². The maximum absolute atomic E-state index is 12.1. The predicted molar refractivity (Wildman–Crippen MR) is 74.7 cm³/mol. The number of sulfone groups is 1. The third kappa shape index (κ3) is 3.69. The Morgan fingerprint density at radius 2 is 1.95 bits per heavy atom. The summed E-state index contributed by atoms with van der Waals surface area (Å²) in [6.45, 7) is 1.75. The number of hydrogen-bond acceptors (Lipinski definition) is 4. The first-order chi connectivity index (χ1) is 9.00. The Bertz CT molecular complexity index is 410. The standard InChI is InChI=1S/C13H24N2O3S/c1-15(11-6-8-14-10-11)13(16)7-9-19(17,18)12-4-2-3-5-12/h11-12,14H,2-10H2,1H3. The lowest BCUT2D eigenvalue weighted by atomic mass is 10.2. The summed E-state index contributed by atoms with van der Waals surface area (Å²) in [7, 11) is -1.30. The predicted octanol–water partition coefficient (Wildman–Crippen LogP) is 0.554. The topological polar surface area (TPSA) is 66.5 Å². The summed E-state index contributed by atoms with van der Waals surface area (Å²) < 4.78 is 24.2. The fraction of sp³-hybridized carbons (Fsp3) is 0.923. The van der Waals surface area contributed by atoms with Crippen LogP contribution in [0.15, 0.2) is 0 Å². The molecule has 1 aliphatic carbocycles. The van der Waals surface area contributed by atoms with Gasteiger partial charge in [-0.05, 0) is 25.8 Å². The number of amides is 1. The molecule has 1 saturated carbocycles. The summed E-state index contributed by atoms with van der Waals surface area (Å²) in [4.78, 5) is 13.7. The Balaban J connectivity index is 1.82. The molecule has 1 heterocycles. The van der Waals surface area contributed by atoms with Crippen molar-refractivity contribution < 1.29 is 13.2 Å². The molecular formula is C13H24N2O3S. The maximum Gasteiger partial charge on any atom is 0.223 e. The SMILES string of the molecule is CN(C(=O)CCS(=O)(=O)C1CCCC1)C1CCNC1. The van der Waals surface area contributed by atoms with E-state index in [0.717, 1.165) is 45.2 Å². The van der Waals surface area contributed by atoms with Crippen LogP contribution in [-0.4, -0.2) is 56.4 Å². The molecule has 2 rings (SSSR count). The summed E-state index contributed by atoms with van der Waals surface area (Å²) in [6, 6.07) is 0.224. The third-order valence-electron chi connectivity index (χ3n) is 4.39. The van der Waals surface area contributed by atoms with Crippen molar-refractivity contribution >= 4 is 15.7 Å². The van der Waals surface area contributed by atoms with Gasteiger partial charge in [0.15, 0.2) is 9.84 Å². The summed E-state index contributed by atoms with van der Waals surface area (Å²) in [5.74, 6) is -0.0312. The second kappa shape index (κ2) is 6.22. The Labute approximate surface area is 115 Å². The highest BCUT2D eigenvalue weighted by Crippen LogP contribution is 2.25. The number of nitrogens with one attached hydrogen (secondary N) is 1. The molecule has 0 aromatic heterocycles. The van der Waals surface area contributed by atoms with Crippen LogP contribution in [0.3, 0.4) is 0 Å². The lowest BCUT2D eigenvalue weighted by Gasteiger charge is -2.24. The lowest BCUT2D eigenvalue weighted by molar-refractivity contribution is -0.131. The summed E-state index contributed by atoms with van der Waals surface area (Å²) in [5, 5.41) is 3.02. The van der Waals surface area contributed by atoms with Gasteiger partial charge in [0, 0.05) is 26.1 Å². The molecule has 0 radical (unpaired) electrons. The van der Waals surface area contributed by atoms with Gasteiger partial charge in [-0.15, -0.1) is 0 Å². The smallest absolute Gasteiger partial charge is 0.223 e. The Kier molecular flexibility index (Phi) is 4.84. The van der Waals surface area contributed by atoms with Gasteiger partial charge in [-0.3, -0.25) is 4.79 Å². The van der Waals surface area contributed by atoms with E-state index >= 15 is 0 Å². The monoisotopic (exact) mass is 288 g/mol. The highest BCUT2D eigenvalue weighted by atomic mass is 32.2. The summed E-state index contributed by atoms with van der Waals surface area (Å²) >= 11 is 0. The van der Waals surface area contributed by atoms with E-state index in [0.29, 0.717) is 0 Å². The van der Waals surface area contributed by atoms with Crippen LogP contribution in [-0.2, 0) is 14.6 Å². The molecule has 1 atom stereocenters. The molecule has 1 amide bonds. The van der Waals surface area contributed by atoms with Gasteiger partial charge in [0.25, 0.3) is 0 Å². The van der Waals surface area contributed by atoms with Crippen molar-refractivity contribution in [1.29, 1.82) is 0 Å². The molecule has 5 nitrogen and oxygen atoms in total. The fourth-order valence-corrected chi connectivity index (χ4v) is 4.84. The van der Waals surface area contributed by atoms with Crippen molar-refractivity contribution in [3.05, 3.63) is 0 Å². The largest absolute Gasteiger partial charge is 0.341 e. The van der Waals surface area contributed by atoms with Gasteiger partial charge in [0.1, 0.15) is 0 Å². The molecule has 0 aromatic rings. The minimum atomic E-state index is -3.08. The van der Waals surface area contributed by atoms with Gasteiger partial charge in [0.05, 0.1) is 11.0 Å². The van der Waals surface area contributed by atoms with E-state index in [1.54, 1.807) is 11.9 Å². The average molecular weight is 288 g/mol. The van der Waals surface area contributed by atoms with Crippen LogP contribution in [0.25, 0.3) is 0 Å². The summed E-state index contributed by atoms with van der Waals surface area (Å²) in [6.07, 6.45) is 4.65. The first-order valence-electron chi connectivity index (χ1n) is 7.18. The molecular weight excluding hydrogens is 264 g/mol. The molecule has 110 valence electrons. The third-order valence-corrected chi connectivity index (χ3v) is 6.65. The Morgan fingerprint density at radius 3 is 2.53 bits per heavy atom. The zero-order valence-corrected chi connectivity index (χ0v) is 12.4. The lowest BCUT2D eigenvalue weighted by Crippen LogP contribution is -2.39. The number of likely N-dealkylation sites (N-methyl/N-ethyl adjacent to an activating group) is 1. The van der Waals surface area contributed by atoms with E-state index in [-0.39, 0.29) is 29.4 Å². The van der Waals surface area contributed by atoms with Gasteiger partial charge in [-0.1, -0.05) is 12.8 Å². The number of rotatable bonds is 5. The van der Waals surface area contributed by atoms with Crippen molar-refractivity contribution in [1.82, 2.24) is 10.2 Å². The van der Waals surface area contributed by atoms with Gasteiger partial charge in [0.2, 0.25) is 5.91 Å². The second-order valence-electron chi connectivity index (χ2n) is 5.67. The van der Waals surface area contributed by atoms with Crippen molar-refractivity contribution in [3.63, 3.8) is 0 Å². The summed E-state index contributed by atoms with van der Waals surface area (Å²) in [5.41, 5.74) is 0. The van der Waals surface area contributed by atoms with E-state index in [9.17, 15) is 13.2 Å². The zero-order chi connectivity index (χ0) is 13.9. The van der Waals surface area contributed by atoms with E-state index < -0.39 is 9.84 Å². The van der Waals surface area contributed by atoms with Crippen LogP contribution < -0.4 is 5.32 Å². The van der Waals surface area contributed by atoms with Crippen molar-refractivity contribution in [3.8, 4) is 0 Å². The molecule has 2 aliphatic rings. The van der Waals surface area contributed by atoms with Crippen LogP contribution in [0, 0.1) is 0 Å². The van der Waals surface area contributed by atoms with Crippen LogP contribution in [0.5, 0.6) is 0 Å². The van der Waals surface area contributed by atoms with Gasteiger partial charge < -0.3 is 10.2 Å². The molecule has 1 saturated heterocycles. The van der Waals surface area contributed by atoms with Gasteiger partial charge in [-0.25, -0.2) is 8.42 Å². The van der Waals surface area contributed by atoms with Crippen molar-refractivity contribution in [2.75, 3.05) is 25.9 Å². The van der Waals surface area contributed by atoms with E-state index in [2.05, 4.69) is 5.32 Å². The van der Waals surface area contributed by atoms with Crippen LogP contribution in [0.4, 0.5) is 0 Å². The maximum atomic E-state index is 12.1. The molecule has 0 spiro atoms. The first-order valence-corrected chi connectivity index (χ1v) is 8.90. The molecule has 19 heavy (non-hydrogen) atoms. The highest BCUT2D eigenvalue weighted by molar-refractivity contribution is 7.92. The normalized spacial score (nSPS) is 24.8. The van der Waals surface area contributed by atoms with Crippen LogP contribution in [0.1, 0.15) is 38.5 Å². The van der Waals surface area contributed by atoms with Crippen molar-refractivity contribution in [2.45, 2.75) is 49.8 Å². The number of nitrogens with zero attached hydrogens (tertiary/aromatic N) is 1. The molecule has 2 fully saturated rings. The van der Waals surface area contributed by atoms with Crippen LogP contribution in [0.2, 0.25) is 0 Å². The Hall–Kier alpha value is -0.620. The first kappa shape index (κ1) is 14.8. The second-order valence-corrected chi connectivity index (χ2v) is 8.08. The number of hydrogen-bond donors (Lipinski definition) is 1. The van der Waals surface area contributed by atoms with Crippen molar-refractivity contribution in [2.24, 2.45) is 0 Å². The quantitative estimate of drug-likeness (QED) is 0.802. The number of carbonyl (C=O) groups is 1.